The van der Waals surface area contributed by atoms with Gasteiger partial charge < -0.3 is 9.42 Å². The molecule has 1 atom stereocenters. The van der Waals surface area contributed by atoms with Gasteiger partial charge in [-0.15, -0.1) is 0 Å². The van der Waals surface area contributed by atoms with E-state index in [9.17, 15) is 4.57 Å². The van der Waals surface area contributed by atoms with E-state index in [0.29, 0.717) is 6.61 Å². The second-order valence-corrected chi connectivity index (χ2v) is 7.39. The van der Waals surface area contributed by atoms with Crippen LogP contribution in [0.1, 0.15) is 84.0 Å². The highest BCUT2D eigenvalue weighted by atomic mass is 31.2. The molecule has 0 heterocycles. The predicted molar refractivity (Wildman–Crippen MR) is 85.4 cm³/mol. The van der Waals surface area contributed by atoms with Gasteiger partial charge in [-0.25, -0.2) is 0 Å². The van der Waals surface area contributed by atoms with Gasteiger partial charge in [0.1, 0.15) is 0 Å². The molecule has 5 heteroatoms. The second-order valence-electron chi connectivity index (χ2n) is 5.53. The van der Waals surface area contributed by atoms with Crippen molar-refractivity contribution in [2.45, 2.75) is 84.0 Å². The molecule has 0 amide bonds. The normalized spacial score (nSPS) is 14.4. The molecule has 0 aliphatic rings. The van der Waals surface area contributed by atoms with E-state index in [2.05, 4.69) is 6.92 Å². The molecule has 0 saturated heterocycles. The summed E-state index contributed by atoms with van der Waals surface area (Å²) in [6.07, 6.45) is 15.5. The molecule has 0 saturated carbocycles. The SMILES string of the molecule is BP(=O)(O)OCCCCCCCCCCCCCC. The van der Waals surface area contributed by atoms with Crippen LogP contribution in [0.25, 0.3) is 0 Å². The summed E-state index contributed by atoms with van der Waals surface area (Å²) in [4.78, 5) is 8.93. The van der Waals surface area contributed by atoms with E-state index in [-0.39, 0.29) is 0 Å². The van der Waals surface area contributed by atoms with Crippen molar-refractivity contribution in [3.63, 3.8) is 0 Å². The maximum absolute atomic E-state index is 10.8. The molecule has 1 N–H and O–H groups in total. The Morgan fingerprint density at radius 3 is 1.58 bits per heavy atom. The van der Waals surface area contributed by atoms with Crippen LogP contribution in [0.2, 0.25) is 0 Å². The Morgan fingerprint density at radius 2 is 1.21 bits per heavy atom. The van der Waals surface area contributed by atoms with Gasteiger partial charge in [-0.05, 0) is 6.42 Å². The lowest BCUT2D eigenvalue weighted by atomic mass is 10.1. The molecule has 0 radical (unpaired) electrons. The van der Waals surface area contributed by atoms with E-state index in [4.69, 9.17) is 9.42 Å². The monoisotopic (exact) mass is 290 g/mol. The average Bonchev–Trinajstić information content (AvgIpc) is 2.34. The fraction of sp³-hybridized carbons (Fsp3) is 1.00. The van der Waals surface area contributed by atoms with Crippen molar-refractivity contribution in [3.8, 4) is 0 Å². The van der Waals surface area contributed by atoms with Crippen LogP contribution in [-0.2, 0) is 9.09 Å². The van der Waals surface area contributed by atoms with Gasteiger partial charge in [0.2, 0.25) is 0 Å². The number of rotatable bonds is 14. The van der Waals surface area contributed by atoms with Crippen molar-refractivity contribution in [1.82, 2.24) is 0 Å². The first-order valence-corrected chi connectivity index (χ1v) is 10.0. The summed E-state index contributed by atoms with van der Waals surface area (Å²) < 4.78 is 15.7. The highest BCUT2D eigenvalue weighted by Gasteiger charge is 2.07. The lowest BCUT2D eigenvalue weighted by Gasteiger charge is -2.07. The van der Waals surface area contributed by atoms with Crippen molar-refractivity contribution >= 4 is 15.0 Å². The zero-order valence-corrected chi connectivity index (χ0v) is 13.8. The number of hydrogen-bond donors (Lipinski definition) is 1. The molecular weight excluding hydrogens is 258 g/mol. The Bertz CT molecular complexity index is 231. The van der Waals surface area contributed by atoms with Crippen LogP contribution in [0.15, 0.2) is 0 Å². The van der Waals surface area contributed by atoms with Crippen LogP contribution in [0.3, 0.4) is 0 Å². The smallest absolute Gasteiger partial charge is 0.268 e. The molecule has 0 fully saturated rings. The van der Waals surface area contributed by atoms with E-state index < -0.39 is 7.47 Å². The van der Waals surface area contributed by atoms with Gasteiger partial charge in [-0.1, -0.05) is 77.6 Å². The van der Waals surface area contributed by atoms with Crippen molar-refractivity contribution in [2.24, 2.45) is 0 Å². The molecule has 0 aliphatic carbocycles. The lowest BCUT2D eigenvalue weighted by molar-refractivity contribution is 0.266. The molecule has 0 rings (SSSR count). The van der Waals surface area contributed by atoms with E-state index in [1.807, 2.05) is 0 Å². The molecule has 114 valence electrons. The second kappa shape index (κ2) is 13.2. The first kappa shape index (κ1) is 19.2. The largest absolute Gasteiger partial charge is 0.333 e. The third-order valence-corrected chi connectivity index (χ3v) is 3.99. The molecule has 1 unspecified atom stereocenters. The van der Waals surface area contributed by atoms with E-state index in [1.165, 1.54) is 71.8 Å². The zero-order chi connectivity index (χ0) is 14.4. The van der Waals surface area contributed by atoms with Gasteiger partial charge in [-0.3, -0.25) is 4.57 Å². The van der Waals surface area contributed by atoms with Crippen LogP contribution >= 0.6 is 7.47 Å². The summed E-state index contributed by atoms with van der Waals surface area (Å²) in [5.41, 5.74) is 0. The van der Waals surface area contributed by atoms with E-state index in [0.717, 1.165) is 12.8 Å². The Labute approximate surface area is 120 Å². The summed E-state index contributed by atoms with van der Waals surface area (Å²) in [6, 6.07) is 0. The summed E-state index contributed by atoms with van der Waals surface area (Å²) in [5.74, 6) is 0. The molecule has 0 aromatic heterocycles. The van der Waals surface area contributed by atoms with E-state index in [1.54, 1.807) is 0 Å². The molecule has 19 heavy (non-hydrogen) atoms. The molecule has 0 aromatic rings. The maximum Gasteiger partial charge on any atom is 0.268 e. The summed E-state index contributed by atoms with van der Waals surface area (Å²) in [5, 5.41) is 0. The maximum atomic E-state index is 10.8. The standard InChI is InChI=1S/C14H32BO3P/c1-2-3-4-5-6-7-8-9-10-11-12-13-14-18-19(15,16)17/h2-15H2,1H3,(H,16,17). The van der Waals surface area contributed by atoms with Crippen LogP contribution in [0.5, 0.6) is 0 Å². The zero-order valence-electron chi connectivity index (χ0n) is 12.9. The van der Waals surface area contributed by atoms with Gasteiger partial charge in [0, 0.05) is 0 Å². The Hall–Kier alpha value is 0.215. The van der Waals surface area contributed by atoms with Crippen LogP contribution in [0.4, 0.5) is 0 Å². The molecule has 0 bridgehead atoms. The fourth-order valence-electron chi connectivity index (χ4n) is 2.18. The Balaban J connectivity index is 3.01. The molecule has 0 aromatic carbocycles. The van der Waals surface area contributed by atoms with Crippen molar-refractivity contribution in [1.29, 1.82) is 0 Å². The van der Waals surface area contributed by atoms with Crippen molar-refractivity contribution in [3.05, 3.63) is 0 Å². The summed E-state index contributed by atoms with van der Waals surface area (Å²) >= 11 is 0. The van der Waals surface area contributed by atoms with Crippen LogP contribution in [-0.4, -0.2) is 19.1 Å². The predicted octanol–water partition coefficient (Wildman–Crippen LogP) is 4.44. The third-order valence-electron chi connectivity index (χ3n) is 3.33. The molecule has 3 nitrogen and oxygen atoms in total. The lowest BCUT2D eigenvalue weighted by Crippen LogP contribution is -1.92. The first-order chi connectivity index (χ1) is 9.06. The Kier molecular flexibility index (Phi) is 13.4. The van der Waals surface area contributed by atoms with E-state index >= 15 is 0 Å². The highest BCUT2D eigenvalue weighted by molar-refractivity contribution is 7.78. The number of unbranched alkanes of at least 4 members (excludes halogenated alkanes) is 11. The van der Waals surface area contributed by atoms with Crippen LogP contribution in [0, 0.1) is 0 Å². The molecule has 0 spiro atoms. The van der Waals surface area contributed by atoms with Crippen LogP contribution < -0.4 is 0 Å². The fourth-order valence-corrected chi connectivity index (χ4v) is 2.64. The van der Waals surface area contributed by atoms with Gasteiger partial charge in [0.15, 0.2) is 0 Å². The van der Waals surface area contributed by atoms with Gasteiger partial charge in [-0.2, -0.15) is 0 Å². The van der Waals surface area contributed by atoms with Gasteiger partial charge in [0.25, 0.3) is 15.0 Å². The minimum absolute atomic E-state index is 0.418. The quantitative estimate of drug-likeness (QED) is 0.292. The van der Waals surface area contributed by atoms with Crippen molar-refractivity contribution in [2.75, 3.05) is 6.61 Å². The van der Waals surface area contributed by atoms with Crippen molar-refractivity contribution < 1.29 is 14.0 Å². The topological polar surface area (TPSA) is 46.5 Å². The average molecular weight is 290 g/mol. The van der Waals surface area contributed by atoms with Gasteiger partial charge >= 0.3 is 0 Å². The summed E-state index contributed by atoms with van der Waals surface area (Å²) in [6.45, 7) is 2.67. The highest BCUT2D eigenvalue weighted by Crippen LogP contribution is 2.35. The Morgan fingerprint density at radius 1 is 0.842 bits per heavy atom. The van der Waals surface area contributed by atoms with Gasteiger partial charge in [0.05, 0.1) is 6.61 Å². The third kappa shape index (κ3) is 18.2. The first-order valence-electron chi connectivity index (χ1n) is 8.01. The molecule has 0 aliphatic heterocycles. The molecular formula is C14H32BO3P. The summed E-state index contributed by atoms with van der Waals surface area (Å²) in [7, 11) is -2.00. The minimum Gasteiger partial charge on any atom is -0.333 e. The number of hydrogen-bond acceptors (Lipinski definition) is 2. The minimum atomic E-state index is -3.25.